The average Bonchev–Trinajstić information content (AvgIpc) is 3.17. The van der Waals surface area contributed by atoms with Crippen LogP contribution in [0, 0.1) is 0 Å². The quantitative estimate of drug-likeness (QED) is 0.769. The summed E-state index contributed by atoms with van der Waals surface area (Å²) in [6, 6.07) is 14.5. The lowest BCUT2D eigenvalue weighted by atomic mass is 10.2. The first-order valence-corrected chi connectivity index (χ1v) is 8.01. The Bertz CT molecular complexity index is 708. The predicted octanol–water partition coefficient (Wildman–Crippen LogP) is 4.62. The summed E-state index contributed by atoms with van der Waals surface area (Å²) in [5, 5.41) is 0. The van der Waals surface area contributed by atoms with Gasteiger partial charge in [0.1, 0.15) is 0 Å². The minimum atomic E-state index is 0.714. The molecule has 1 aromatic heterocycles. The largest absolute Gasteiger partial charge is 0.260 e. The molecule has 1 aliphatic heterocycles. The number of hydrogen-bond donors (Lipinski definition) is 0. The lowest BCUT2D eigenvalue weighted by Crippen LogP contribution is -2.02. The van der Waals surface area contributed by atoms with Crippen molar-refractivity contribution in [3.63, 3.8) is 0 Å². The Kier molecular flexibility index (Phi) is 4.11. The highest BCUT2D eigenvalue weighted by Gasteiger charge is 2.13. The van der Waals surface area contributed by atoms with Gasteiger partial charge in [0.05, 0.1) is 6.54 Å². The van der Waals surface area contributed by atoms with E-state index in [4.69, 9.17) is 0 Å². The molecule has 0 aliphatic carbocycles. The van der Waals surface area contributed by atoms with E-state index in [0.29, 0.717) is 6.54 Å². The molecule has 21 heavy (non-hydrogen) atoms. The Hall–Kier alpha value is -2.00. The Morgan fingerprint density at radius 1 is 1.19 bits per heavy atom. The Morgan fingerprint density at radius 2 is 2.00 bits per heavy atom. The number of amidine groups is 1. The third kappa shape index (κ3) is 3.19. The summed E-state index contributed by atoms with van der Waals surface area (Å²) in [6.45, 7) is 6.95. The van der Waals surface area contributed by atoms with Gasteiger partial charge in [0.15, 0.2) is 5.84 Å². The van der Waals surface area contributed by atoms with Crippen LogP contribution in [0.4, 0.5) is 0 Å². The van der Waals surface area contributed by atoms with E-state index in [1.54, 1.807) is 0 Å². The topological polar surface area (TPSA) is 24.7 Å². The van der Waals surface area contributed by atoms with Crippen LogP contribution < -0.4 is 0 Å². The second kappa shape index (κ2) is 6.19. The van der Waals surface area contributed by atoms with E-state index in [1.807, 2.05) is 29.5 Å². The third-order valence-electron chi connectivity index (χ3n) is 3.52. The highest BCUT2D eigenvalue weighted by molar-refractivity contribution is 7.13. The van der Waals surface area contributed by atoms with Gasteiger partial charge in [0.2, 0.25) is 0 Å². The Balaban J connectivity index is 1.70. The highest BCUT2D eigenvalue weighted by Crippen LogP contribution is 2.26. The van der Waals surface area contributed by atoms with Crippen LogP contribution in [0.15, 0.2) is 59.0 Å². The van der Waals surface area contributed by atoms with E-state index < -0.39 is 0 Å². The zero-order valence-electron chi connectivity index (χ0n) is 12.2. The van der Waals surface area contributed by atoms with Gasteiger partial charge in [-0.05, 0) is 24.1 Å². The van der Waals surface area contributed by atoms with Crippen molar-refractivity contribution >= 4 is 28.5 Å². The zero-order chi connectivity index (χ0) is 14.7. The Morgan fingerprint density at radius 3 is 2.76 bits per heavy atom. The van der Waals surface area contributed by atoms with E-state index in [-0.39, 0.29) is 0 Å². The Labute approximate surface area is 129 Å². The molecule has 2 aromatic rings. The summed E-state index contributed by atoms with van der Waals surface area (Å²) >= 11 is 1.82. The first-order valence-electron chi connectivity index (χ1n) is 7.19. The normalized spacial score (nSPS) is 14.0. The number of rotatable bonds is 5. The van der Waals surface area contributed by atoms with Crippen molar-refractivity contribution in [2.45, 2.75) is 19.8 Å². The molecule has 1 aliphatic rings. The second-order valence-corrected chi connectivity index (χ2v) is 6.25. The maximum Gasteiger partial charge on any atom is 0.154 e. The van der Waals surface area contributed by atoms with Crippen LogP contribution in [0.2, 0.25) is 0 Å². The molecule has 0 bridgehead atoms. The average molecular weight is 294 g/mol. The van der Waals surface area contributed by atoms with Gasteiger partial charge in [-0.15, -0.1) is 11.3 Å². The molecule has 0 amide bonds. The minimum Gasteiger partial charge on any atom is -0.260 e. The molecule has 0 saturated carbocycles. The fourth-order valence-corrected chi connectivity index (χ4v) is 3.35. The van der Waals surface area contributed by atoms with E-state index >= 15 is 0 Å². The van der Waals surface area contributed by atoms with Crippen molar-refractivity contribution in [2.75, 3.05) is 6.54 Å². The summed E-state index contributed by atoms with van der Waals surface area (Å²) in [7, 11) is 0. The van der Waals surface area contributed by atoms with Gasteiger partial charge in [-0.1, -0.05) is 43.8 Å². The van der Waals surface area contributed by atoms with E-state index in [9.17, 15) is 0 Å². The number of allylic oxidation sites excluding steroid dienone is 1. The zero-order valence-corrected chi connectivity index (χ0v) is 13.0. The summed E-state index contributed by atoms with van der Waals surface area (Å²) in [5.41, 5.74) is 3.45. The number of benzene rings is 1. The van der Waals surface area contributed by atoms with Crippen molar-refractivity contribution in [1.82, 2.24) is 0 Å². The van der Waals surface area contributed by atoms with Gasteiger partial charge in [-0.2, -0.15) is 0 Å². The molecule has 3 rings (SSSR count). The van der Waals surface area contributed by atoms with Crippen molar-refractivity contribution in [3.8, 4) is 0 Å². The van der Waals surface area contributed by atoms with E-state index in [2.05, 4.69) is 47.8 Å². The monoisotopic (exact) mass is 294 g/mol. The second-order valence-electron chi connectivity index (χ2n) is 5.08. The molecule has 2 heterocycles. The maximum absolute atomic E-state index is 4.68. The van der Waals surface area contributed by atoms with Crippen LogP contribution in [-0.4, -0.2) is 18.1 Å². The van der Waals surface area contributed by atoms with Crippen LogP contribution in [-0.2, 0) is 6.42 Å². The lowest BCUT2D eigenvalue weighted by molar-refractivity contribution is 1.26. The van der Waals surface area contributed by atoms with Crippen LogP contribution in [0.5, 0.6) is 0 Å². The van der Waals surface area contributed by atoms with Gasteiger partial charge in [-0.3, -0.25) is 4.99 Å². The molecule has 1 aromatic carbocycles. The molecule has 106 valence electrons. The summed E-state index contributed by atoms with van der Waals surface area (Å²) < 4.78 is 0. The van der Waals surface area contributed by atoms with Crippen LogP contribution >= 0.6 is 11.3 Å². The van der Waals surface area contributed by atoms with Crippen LogP contribution in [0.3, 0.4) is 0 Å². The minimum absolute atomic E-state index is 0.714. The van der Waals surface area contributed by atoms with Crippen molar-refractivity contribution < 1.29 is 0 Å². The smallest absolute Gasteiger partial charge is 0.154 e. The van der Waals surface area contributed by atoms with Gasteiger partial charge in [0, 0.05) is 27.5 Å². The van der Waals surface area contributed by atoms with Crippen LogP contribution in [0.25, 0.3) is 5.57 Å². The maximum atomic E-state index is 4.68. The summed E-state index contributed by atoms with van der Waals surface area (Å²) in [5.74, 6) is 0.861. The molecule has 0 radical (unpaired) electrons. The summed E-state index contributed by atoms with van der Waals surface area (Å²) in [4.78, 5) is 11.8. The lowest BCUT2D eigenvalue weighted by Gasteiger charge is -1.98. The fourth-order valence-electron chi connectivity index (χ4n) is 2.26. The van der Waals surface area contributed by atoms with Gasteiger partial charge in [0.25, 0.3) is 0 Å². The highest BCUT2D eigenvalue weighted by atomic mass is 32.1. The number of aliphatic imine (C=N–C) groups is 2. The molecule has 0 unspecified atom stereocenters. The molecule has 0 spiro atoms. The molecule has 2 nitrogen and oxygen atoms in total. The van der Waals surface area contributed by atoms with Gasteiger partial charge < -0.3 is 0 Å². The van der Waals surface area contributed by atoms with E-state index in [1.165, 1.54) is 15.3 Å². The molecule has 0 atom stereocenters. The standard InChI is InChI=1S/C18H18N2S/c1-3-13(2)17-10-9-16(21-17)11-15-12-19-18(20-15)14-7-5-4-6-8-14/h4-10H,2-3,11-12H2,1H3. The fraction of sp³-hybridized carbons (Fsp3) is 0.222. The first-order chi connectivity index (χ1) is 10.3. The SMILES string of the molecule is C=C(CC)c1ccc(CC2=NC(c3ccccc3)=NC2)s1. The number of thiophene rings is 1. The number of hydrogen-bond acceptors (Lipinski definition) is 3. The third-order valence-corrected chi connectivity index (χ3v) is 4.71. The number of nitrogens with zero attached hydrogens (tertiary/aromatic N) is 2. The van der Waals surface area contributed by atoms with E-state index in [0.717, 1.165) is 30.0 Å². The molecule has 0 N–H and O–H groups in total. The molecule has 0 fully saturated rings. The van der Waals surface area contributed by atoms with Crippen LogP contribution in [0.1, 0.15) is 28.7 Å². The predicted molar refractivity (Wildman–Crippen MR) is 92.6 cm³/mol. The van der Waals surface area contributed by atoms with Crippen molar-refractivity contribution in [1.29, 1.82) is 0 Å². The first kappa shape index (κ1) is 14.0. The van der Waals surface area contributed by atoms with Crippen molar-refractivity contribution in [2.24, 2.45) is 9.98 Å². The summed E-state index contributed by atoms with van der Waals surface area (Å²) in [6.07, 6.45) is 1.89. The molecule has 0 saturated heterocycles. The molecular weight excluding hydrogens is 276 g/mol. The van der Waals surface area contributed by atoms with Gasteiger partial charge in [-0.25, -0.2) is 4.99 Å². The van der Waals surface area contributed by atoms with Gasteiger partial charge >= 0.3 is 0 Å². The van der Waals surface area contributed by atoms with Crippen molar-refractivity contribution in [3.05, 3.63) is 64.4 Å². The molecule has 3 heteroatoms. The molecular formula is C18H18N2S.